The Labute approximate surface area is 162 Å². The summed E-state index contributed by atoms with van der Waals surface area (Å²) in [5.74, 6) is -0.555. The highest BCUT2D eigenvalue weighted by Gasteiger charge is 2.35. The minimum Gasteiger partial charge on any atom is -0.326 e. The third-order valence-corrected chi connectivity index (χ3v) is 6.50. The molecule has 27 heavy (non-hydrogen) atoms. The Balaban J connectivity index is 2.11. The Hall–Kier alpha value is -2.58. The normalized spacial score (nSPS) is 16.9. The fraction of sp³-hybridized carbons (Fsp3) is 0.222. The Morgan fingerprint density at radius 2 is 1.96 bits per heavy atom. The maximum atomic E-state index is 13.4. The SMILES string of the molecule is CC(=O)Nc1ccc(S(=O)(=O)N2c3ccccc3NC(=O)C[C@H]2C)c(Cl)c1. The van der Waals surface area contributed by atoms with Crippen LogP contribution in [0, 0.1) is 0 Å². The van der Waals surface area contributed by atoms with E-state index in [0.717, 1.165) is 0 Å². The van der Waals surface area contributed by atoms with Crippen LogP contribution in [0.15, 0.2) is 47.4 Å². The highest BCUT2D eigenvalue weighted by atomic mass is 35.5. The zero-order valence-electron chi connectivity index (χ0n) is 14.7. The second kappa shape index (κ2) is 7.21. The predicted molar refractivity (Wildman–Crippen MR) is 105 cm³/mol. The minimum atomic E-state index is -4.05. The fourth-order valence-electron chi connectivity index (χ4n) is 3.02. The molecule has 2 aromatic rings. The summed E-state index contributed by atoms with van der Waals surface area (Å²) in [7, 11) is -4.05. The Morgan fingerprint density at radius 1 is 1.26 bits per heavy atom. The molecule has 0 radical (unpaired) electrons. The quantitative estimate of drug-likeness (QED) is 0.816. The van der Waals surface area contributed by atoms with Crippen LogP contribution in [0.3, 0.4) is 0 Å². The van der Waals surface area contributed by atoms with Crippen molar-refractivity contribution < 1.29 is 18.0 Å². The number of nitrogens with one attached hydrogen (secondary N) is 2. The van der Waals surface area contributed by atoms with E-state index in [1.807, 2.05) is 0 Å². The number of anilines is 3. The van der Waals surface area contributed by atoms with Gasteiger partial charge in [0.05, 0.1) is 22.4 Å². The number of nitrogens with zero attached hydrogens (tertiary/aromatic N) is 1. The number of hydrogen-bond acceptors (Lipinski definition) is 4. The van der Waals surface area contributed by atoms with Gasteiger partial charge in [-0.25, -0.2) is 8.42 Å². The number of amides is 2. The van der Waals surface area contributed by atoms with Gasteiger partial charge >= 0.3 is 0 Å². The van der Waals surface area contributed by atoms with Gasteiger partial charge in [0.25, 0.3) is 10.0 Å². The minimum absolute atomic E-state index is 0.00943. The van der Waals surface area contributed by atoms with Gasteiger partial charge in [0.2, 0.25) is 11.8 Å². The van der Waals surface area contributed by atoms with Crippen LogP contribution < -0.4 is 14.9 Å². The number of sulfonamides is 1. The van der Waals surface area contributed by atoms with Gasteiger partial charge in [0, 0.05) is 19.0 Å². The number of rotatable bonds is 3. The number of para-hydroxylation sites is 2. The van der Waals surface area contributed by atoms with Crippen LogP contribution in [0.2, 0.25) is 5.02 Å². The Morgan fingerprint density at radius 3 is 2.63 bits per heavy atom. The number of carbonyl (C=O) groups excluding carboxylic acids is 2. The zero-order chi connectivity index (χ0) is 19.8. The van der Waals surface area contributed by atoms with E-state index in [1.165, 1.54) is 29.4 Å². The van der Waals surface area contributed by atoms with Gasteiger partial charge in [-0.1, -0.05) is 23.7 Å². The van der Waals surface area contributed by atoms with Crippen LogP contribution in [0.4, 0.5) is 17.1 Å². The molecule has 2 aromatic carbocycles. The predicted octanol–water partition coefficient (Wildman–Crippen LogP) is 3.22. The van der Waals surface area contributed by atoms with Crippen LogP contribution in [0.1, 0.15) is 20.3 Å². The first-order chi connectivity index (χ1) is 12.7. The summed E-state index contributed by atoms with van der Waals surface area (Å²) in [6.45, 7) is 3.01. The first kappa shape index (κ1) is 19.2. The van der Waals surface area contributed by atoms with Gasteiger partial charge in [-0.15, -0.1) is 0 Å². The lowest BCUT2D eigenvalue weighted by Gasteiger charge is -2.29. The van der Waals surface area contributed by atoms with Crippen LogP contribution in [-0.2, 0) is 19.6 Å². The van der Waals surface area contributed by atoms with Gasteiger partial charge in [-0.3, -0.25) is 13.9 Å². The molecule has 0 saturated carbocycles. The molecule has 142 valence electrons. The largest absolute Gasteiger partial charge is 0.326 e. The molecular formula is C18H18ClN3O4S. The second-order valence-electron chi connectivity index (χ2n) is 6.25. The molecule has 0 bridgehead atoms. The maximum Gasteiger partial charge on any atom is 0.266 e. The highest BCUT2D eigenvalue weighted by molar-refractivity contribution is 7.93. The standard InChI is InChI=1S/C18H18ClN3O4S/c1-11-9-18(24)21-15-5-3-4-6-16(15)22(11)27(25,26)17-8-7-13(10-14(17)19)20-12(2)23/h3-8,10-11H,9H2,1-2H3,(H,20,23)(H,21,24)/t11-/m1/s1. The fourth-order valence-corrected chi connectivity index (χ4v) is 5.22. The first-order valence-electron chi connectivity index (χ1n) is 8.20. The van der Waals surface area contributed by atoms with Crippen molar-refractivity contribution in [2.45, 2.75) is 31.2 Å². The average Bonchev–Trinajstić information content (AvgIpc) is 2.68. The van der Waals surface area contributed by atoms with Crippen molar-refractivity contribution in [2.75, 3.05) is 14.9 Å². The number of hydrogen-bond donors (Lipinski definition) is 2. The van der Waals surface area contributed by atoms with Crippen LogP contribution in [0.25, 0.3) is 0 Å². The van der Waals surface area contributed by atoms with E-state index >= 15 is 0 Å². The Kier molecular flexibility index (Phi) is 5.12. The highest BCUT2D eigenvalue weighted by Crippen LogP contribution is 2.37. The summed E-state index contributed by atoms with van der Waals surface area (Å²) in [5.41, 5.74) is 1.19. The zero-order valence-corrected chi connectivity index (χ0v) is 16.3. The molecule has 1 aliphatic heterocycles. The van der Waals surface area contributed by atoms with Gasteiger partial charge < -0.3 is 10.6 Å². The molecule has 3 rings (SSSR count). The number of benzene rings is 2. The van der Waals surface area contributed by atoms with E-state index < -0.39 is 16.1 Å². The van der Waals surface area contributed by atoms with E-state index in [-0.39, 0.29) is 28.2 Å². The van der Waals surface area contributed by atoms with Crippen LogP contribution in [-0.4, -0.2) is 26.3 Å². The maximum absolute atomic E-state index is 13.4. The molecule has 1 aliphatic rings. The number of fused-ring (bicyclic) bond motifs is 1. The van der Waals surface area contributed by atoms with Crippen molar-refractivity contribution in [2.24, 2.45) is 0 Å². The molecule has 0 unspecified atom stereocenters. The average molecular weight is 408 g/mol. The summed E-state index contributed by atoms with van der Waals surface area (Å²) >= 11 is 6.22. The molecule has 0 spiro atoms. The molecule has 0 saturated heterocycles. The molecule has 2 N–H and O–H groups in total. The topological polar surface area (TPSA) is 95.6 Å². The van der Waals surface area contributed by atoms with E-state index in [4.69, 9.17) is 11.6 Å². The summed E-state index contributed by atoms with van der Waals surface area (Å²) < 4.78 is 28.0. The lowest BCUT2D eigenvalue weighted by molar-refractivity contribution is -0.116. The number of halogens is 1. The van der Waals surface area contributed by atoms with Gasteiger partial charge in [0.1, 0.15) is 4.90 Å². The van der Waals surface area contributed by atoms with Gasteiger partial charge in [-0.05, 0) is 37.3 Å². The monoisotopic (exact) mass is 407 g/mol. The summed E-state index contributed by atoms with van der Waals surface area (Å²) in [6, 6.07) is 10.3. The van der Waals surface area contributed by atoms with E-state index in [2.05, 4.69) is 10.6 Å². The molecule has 2 amide bonds. The van der Waals surface area contributed by atoms with Crippen molar-refractivity contribution >= 4 is 50.5 Å². The van der Waals surface area contributed by atoms with Crippen molar-refractivity contribution in [3.05, 3.63) is 47.5 Å². The lowest BCUT2D eigenvalue weighted by Crippen LogP contribution is -2.39. The molecule has 9 heteroatoms. The van der Waals surface area contributed by atoms with Crippen molar-refractivity contribution in [1.29, 1.82) is 0 Å². The van der Waals surface area contributed by atoms with Crippen molar-refractivity contribution in [3.63, 3.8) is 0 Å². The molecule has 0 aliphatic carbocycles. The third kappa shape index (κ3) is 3.77. The van der Waals surface area contributed by atoms with Crippen molar-refractivity contribution in [1.82, 2.24) is 0 Å². The molecular weight excluding hydrogens is 390 g/mol. The van der Waals surface area contributed by atoms with Gasteiger partial charge in [-0.2, -0.15) is 0 Å². The summed E-state index contributed by atoms with van der Waals surface area (Å²) in [5, 5.41) is 5.26. The second-order valence-corrected chi connectivity index (χ2v) is 8.44. The van der Waals surface area contributed by atoms with E-state index in [0.29, 0.717) is 17.1 Å². The lowest BCUT2D eigenvalue weighted by atomic mass is 10.2. The summed E-state index contributed by atoms with van der Waals surface area (Å²) in [4.78, 5) is 23.2. The van der Waals surface area contributed by atoms with Crippen LogP contribution >= 0.6 is 11.6 Å². The Bertz CT molecular complexity index is 1020. The molecule has 7 nitrogen and oxygen atoms in total. The first-order valence-corrected chi connectivity index (χ1v) is 10.0. The molecule has 0 fully saturated rings. The number of carbonyl (C=O) groups is 2. The van der Waals surface area contributed by atoms with E-state index in [9.17, 15) is 18.0 Å². The summed E-state index contributed by atoms with van der Waals surface area (Å²) in [6.07, 6.45) is 0.00943. The van der Waals surface area contributed by atoms with E-state index in [1.54, 1.807) is 31.2 Å². The molecule has 1 atom stereocenters. The molecule has 0 aromatic heterocycles. The van der Waals surface area contributed by atoms with Crippen molar-refractivity contribution in [3.8, 4) is 0 Å². The molecule has 1 heterocycles. The van der Waals surface area contributed by atoms with Gasteiger partial charge in [0.15, 0.2) is 0 Å². The third-order valence-electron chi connectivity index (χ3n) is 4.09. The smallest absolute Gasteiger partial charge is 0.266 e. The van der Waals surface area contributed by atoms with Crippen LogP contribution in [0.5, 0.6) is 0 Å².